The van der Waals surface area contributed by atoms with Crippen molar-refractivity contribution in [2.45, 2.75) is 130 Å². The molecule has 0 fully saturated rings. The molecule has 0 aromatic rings. The van der Waals surface area contributed by atoms with Crippen LogP contribution in [0.5, 0.6) is 0 Å². The predicted octanol–water partition coefficient (Wildman–Crippen LogP) is 6.43. The minimum absolute atomic E-state index is 0.0898. The second kappa shape index (κ2) is 22.3. The van der Waals surface area contributed by atoms with E-state index in [-0.39, 0.29) is 25.0 Å². The molecule has 0 heterocycles. The monoisotopic (exact) mass is 511 g/mol. The number of hydrogen-bond donors (Lipinski definition) is 1. The maximum atomic E-state index is 12.5. The lowest BCUT2D eigenvalue weighted by Gasteiger charge is -2.27. The van der Waals surface area contributed by atoms with Gasteiger partial charge in [0.15, 0.2) is 0 Å². The molecule has 0 saturated heterocycles. The van der Waals surface area contributed by atoms with E-state index in [1.54, 1.807) is 13.8 Å². The average molecular weight is 512 g/mol. The van der Waals surface area contributed by atoms with E-state index in [1.807, 2.05) is 6.92 Å². The number of unbranched alkanes of at least 4 members (excludes halogenated alkanes) is 11. The predicted molar refractivity (Wildman–Crippen MR) is 145 cm³/mol. The Morgan fingerprint density at radius 3 is 1.89 bits per heavy atom. The third-order valence-corrected chi connectivity index (χ3v) is 6.33. The number of esters is 2. The van der Waals surface area contributed by atoms with Gasteiger partial charge in [-0.05, 0) is 39.5 Å². The zero-order valence-corrected chi connectivity index (χ0v) is 23.6. The van der Waals surface area contributed by atoms with Crippen molar-refractivity contribution in [3.8, 4) is 0 Å². The number of ether oxygens (including phenoxy) is 3. The Morgan fingerprint density at radius 2 is 1.31 bits per heavy atom. The molecule has 0 aromatic heterocycles. The lowest BCUT2D eigenvalue weighted by molar-refractivity contribution is -0.147. The molecular weight excluding hydrogens is 458 g/mol. The first-order valence-electron chi connectivity index (χ1n) is 14.2. The molecular formula is C29H53NO6. The average Bonchev–Trinajstić information content (AvgIpc) is 2.86. The first kappa shape index (κ1) is 34.1. The van der Waals surface area contributed by atoms with Gasteiger partial charge in [0.25, 0.3) is 5.91 Å². The second-order valence-electron chi connectivity index (χ2n) is 9.82. The smallest absolute Gasteiger partial charge is 0.333 e. The van der Waals surface area contributed by atoms with Gasteiger partial charge in [0.05, 0.1) is 13.2 Å². The van der Waals surface area contributed by atoms with Gasteiger partial charge < -0.3 is 19.5 Å². The molecule has 1 atom stereocenters. The Hall–Kier alpha value is -1.89. The van der Waals surface area contributed by atoms with E-state index in [0.29, 0.717) is 31.6 Å². The quantitative estimate of drug-likeness (QED) is 0.0912. The summed E-state index contributed by atoms with van der Waals surface area (Å²) in [6.07, 6.45) is 15.9. The van der Waals surface area contributed by atoms with Crippen LogP contribution in [0.1, 0.15) is 124 Å². The molecule has 0 saturated carbocycles. The second-order valence-corrected chi connectivity index (χ2v) is 9.82. The fraction of sp³-hybridized carbons (Fsp3) is 0.828. The van der Waals surface area contributed by atoms with E-state index in [1.165, 1.54) is 51.4 Å². The highest BCUT2D eigenvalue weighted by Crippen LogP contribution is 2.17. The van der Waals surface area contributed by atoms with Crippen LogP contribution in [0.2, 0.25) is 0 Å². The van der Waals surface area contributed by atoms with E-state index in [0.717, 1.165) is 32.1 Å². The summed E-state index contributed by atoms with van der Waals surface area (Å²) in [6.45, 7) is 12.3. The van der Waals surface area contributed by atoms with Crippen LogP contribution in [0, 0.1) is 0 Å². The van der Waals surface area contributed by atoms with Crippen LogP contribution in [0.4, 0.5) is 0 Å². The number of carbonyl (C=O) groups is 3. The van der Waals surface area contributed by atoms with Crippen molar-refractivity contribution in [1.29, 1.82) is 0 Å². The Morgan fingerprint density at radius 1 is 0.750 bits per heavy atom. The van der Waals surface area contributed by atoms with Gasteiger partial charge in [0.2, 0.25) is 0 Å². The molecule has 0 rings (SSSR count). The summed E-state index contributed by atoms with van der Waals surface area (Å²) >= 11 is 0. The standard InChI is InChI=1S/C29H53NO6/c1-6-8-9-10-11-12-13-14-15-18-22-34-26(31)20-17-16-19-23-36-29(5,7-2)28(33)30-21-24-35-27(32)25(3)4/h3,6-24H2,1-2,4-5H3,(H,30,33). The molecule has 7 nitrogen and oxygen atoms in total. The highest BCUT2D eigenvalue weighted by Gasteiger charge is 2.31. The van der Waals surface area contributed by atoms with E-state index in [2.05, 4.69) is 18.8 Å². The van der Waals surface area contributed by atoms with Gasteiger partial charge in [-0.1, -0.05) is 84.6 Å². The van der Waals surface area contributed by atoms with Crippen molar-refractivity contribution >= 4 is 17.8 Å². The van der Waals surface area contributed by atoms with Gasteiger partial charge in [-0.3, -0.25) is 9.59 Å². The summed E-state index contributed by atoms with van der Waals surface area (Å²) in [5, 5.41) is 2.75. The Bertz CT molecular complexity index is 621. The number of amides is 1. The summed E-state index contributed by atoms with van der Waals surface area (Å²) < 4.78 is 16.2. The molecule has 0 aromatic carbocycles. The third kappa shape index (κ3) is 18.4. The summed E-state index contributed by atoms with van der Waals surface area (Å²) in [4.78, 5) is 35.7. The summed E-state index contributed by atoms with van der Waals surface area (Å²) in [6, 6.07) is 0. The fourth-order valence-corrected chi connectivity index (χ4v) is 3.64. The van der Waals surface area contributed by atoms with Gasteiger partial charge >= 0.3 is 11.9 Å². The van der Waals surface area contributed by atoms with Gasteiger partial charge in [-0.25, -0.2) is 4.79 Å². The minimum atomic E-state index is -0.938. The third-order valence-electron chi connectivity index (χ3n) is 6.33. The summed E-state index contributed by atoms with van der Waals surface area (Å²) in [5.41, 5.74) is -0.614. The number of carbonyl (C=O) groups excluding carboxylic acids is 3. The maximum Gasteiger partial charge on any atom is 0.333 e. The molecule has 0 spiro atoms. The Kier molecular flexibility index (Phi) is 21.1. The number of hydrogen-bond acceptors (Lipinski definition) is 6. The largest absolute Gasteiger partial charge is 0.466 e. The SMILES string of the molecule is C=C(C)C(=O)OCCNC(=O)C(C)(CC)OCCCCCC(=O)OCCCCCCCCCCCC. The topological polar surface area (TPSA) is 90.9 Å². The highest BCUT2D eigenvalue weighted by molar-refractivity contribution is 5.87. The van der Waals surface area contributed by atoms with Crippen molar-refractivity contribution < 1.29 is 28.6 Å². The minimum Gasteiger partial charge on any atom is -0.466 e. The molecule has 1 N–H and O–H groups in total. The zero-order chi connectivity index (χ0) is 27.1. The Labute approximate surface area is 220 Å². The number of nitrogens with one attached hydrogen (secondary N) is 1. The first-order chi connectivity index (χ1) is 17.3. The van der Waals surface area contributed by atoms with Crippen LogP contribution < -0.4 is 5.32 Å². The van der Waals surface area contributed by atoms with Crippen molar-refractivity contribution in [3.63, 3.8) is 0 Å². The van der Waals surface area contributed by atoms with E-state index < -0.39 is 11.6 Å². The van der Waals surface area contributed by atoms with E-state index >= 15 is 0 Å². The Balaban J connectivity index is 3.72. The molecule has 7 heteroatoms. The highest BCUT2D eigenvalue weighted by atomic mass is 16.5. The van der Waals surface area contributed by atoms with Crippen molar-refractivity contribution in [2.24, 2.45) is 0 Å². The lowest BCUT2D eigenvalue weighted by atomic mass is 10.0. The first-order valence-corrected chi connectivity index (χ1v) is 14.2. The summed E-state index contributed by atoms with van der Waals surface area (Å²) in [5.74, 6) is -0.828. The molecule has 210 valence electrons. The number of rotatable bonds is 24. The van der Waals surface area contributed by atoms with Crippen LogP contribution >= 0.6 is 0 Å². The molecule has 0 bridgehead atoms. The van der Waals surface area contributed by atoms with Crippen molar-refractivity contribution in [3.05, 3.63) is 12.2 Å². The van der Waals surface area contributed by atoms with Crippen LogP contribution in [-0.4, -0.2) is 49.8 Å². The van der Waals surface area contributed by atoms with Gasteiger partial charge in [0, 0.05) is 18.6 Å². The molecule has 1 unspecified atom stereocenters. The van der Waals surface area contributed by atoms with Gasteiger partial charge in [-0.15, -0.1) is 0 Å². The van der Waals surface area contributed by atoms with Crippen molar-refractivity contribution in [1.82, 2.24) is 5.32 Å². The van der Waals surface area contributed by atoms with Crippen LogP contribution in [-0.2, 0) is 28.6 Å². The van der Waals surface area contributed by atoms with Gasteiger partial charge in [-0.2, -0.15) is 0 Å². The normalized spacial score (nSPS) is 12.6. The fourth-order valence-electron chi connectivity index (χ4n) is 3.64. The van der Waals surface area contributed by atoms with Crippen molar-refractivity contribution in [2.75, 3.05) is 26.4 Å². The van der Waals surface area contributed by atoms with Crippen LogP contribution in [0.15, 0.2) is 12.2 Å². The summed E-state index contributed by atoms with van der Waals surface area (Å²) in [7, 11) is 0. The lowest BCUT2D eigenvalue weighted by Crippen LogP contribution is -2.47. The van der Waals surface area contributed by atoms with Crippen LogP contribution in [0.3, 0.4) is 0 Å². The molecule has 0 aliphatic heterocycles. The zero-order valence-electron chi connectivity index (χ0n) is 23.6. The molecule has 36 heavy (non-hydrogen) atoms. The van der Waals surface area contributed by atoms with E-state index in [9.17, 15) is 14.4 Å². The molecule has 0 radical (unpaired) electrons. The maximum absolute atomic E-state index is 12.5. The molecule has 1 amide bonds. The molecule has 0 aliphatic rings. The van der Waals surface area contributed by atoms with Crippen LogP contribution in [0.25, 0.3) is 0 Å². The van der Waals surface area contributed by atoms with Gasteiger partial charge in [0.1, 0.15) is 12.2 Å². The molecule has 0 aliphatic carbocycles. The van der Waals surface area contributed by atoms with E-state index in [4.69, 9.17) is 14.2 Å².